The molecule has 0 radical (unpaired) electrons. The lowest BCUT2D eigenvalue weighted by atomic mass is 9.84. The molecule has 0 bridgehead atoms. The summed E-state index contributed by atoms with van der Waals surface area (Å²) in [6.45, 7) is 0. The van der Waals surface area contributed by atoms with Crippen molar-refractivity contribution in [1.82, 2.24) is 0 Å². The van der Waals surface area contributed by atoms with E-state index in [9.17, 15) is 0 Å². The van der Waals surface area contributed by atoms with Gasteiger partial charge in [0.05, 0.1) is 0 Å². The molecule has 1 heteroatoms. The van der Waals surface area contributed by atoms with Crippen LogP contribution in [0, 0.1) is 0 Å². The predicted octanol–water partition coefficient (Wildman–Crippen LogP) is 3.95. The number of halogens is 1. The molecule has 0 saturated heterocycles. The number of hydrogen-bond donors (Lipinski definition) is 0. The van der Waals surface area contributed by atoms with Crippen LogP contribution < -0.4 is 0 Å². The van der Waals surface area contributed by atoms with Gasteiger partial charge in [0.2, 0.25) is 0 Å². The van der Waals surface area contributed by atoms with E-state index in [2.05, 4.69) is 30.3 Å². The summed E-state index contributed by atoms with van der Waals surface area (Å²) >= 11 is 6.32. The molecule has 1 aliphatic carbocycles. The van der Waals surface area contributed by atoms with E-state index in [1.165, 1.54) is 31.2 Å². The summed E-state index contributed by atoms with van der Waals surface area (Å²) in [7, 11) is 0. The van der Waals surface area contributed by atoms with Crippen molar-refractivity contribution in [3.05, 3.63) is 35.9 Å². The van der Waals surface area contributed by atoms with Crippen molar-refractivity contribution in [3.8, 4) is 0 Å². The number of benzene rings is 1. The van der Waals surface area contributed by atoms with Crippen LogP contribution in [-0.4, -0.2) is 5.38 Å². The molecule has 0 heterocycles. The molecule has 0 spiro atoms. The molecule has 13 heavy (non-hydrogen) atoms. The molecule has 0 aliphatic heterocycles. The first-order valence-corrected chi connectivity index (χ1v) is 5.50. The van der Waals surface area contributed by atoms with Gasteiger partial charge in [0.1, 0.15) is 0 Å². The van der Waals surface area contributed by atoms with E-state index in [-0.39, 0.29) is 0 Å². The molecule has 1 saturated carbocycles. The minimum atomic E-state index is 0.358. The quantitative estimate of drug-likeness (QED) is 0.594. The van der Waals surface area contributed by atoms with Crippen molar-refractivity contribution in [2.24, 2.45) is 0 Å². The Morgan fingerprint density at radius 2 is 1.69 bits per heavy atom. The van der Waals surface area contributed by atoms with Crippen LogP contribution in [0.15, 0.2) is 30.3 Å². The smallest absolute Gasteiger partial charge is 0.0404 e. The van der Waals surface area contributed by atoms with Crippen molar-refractivity contribution in [3.63, 3.8) is 0 Å². The minimum Gasteiger partial charge on any atom is -0.122 e. The molecule has 0 N–H and O–H groups in total. The van der Waals surface area contributed by atoms with Crippen molar-refractivity contribution >= 4 is 11.6 Å². The Morgan fingerprint density at radius 1 is 1.00 bits per heavy atom. The molecule has 0 amide bonds. The second-order valence-corrected chi connectivity index (χ2v) is 4.38. The summed E-state index contributed by atoms with van der Waals surface area (Å²) in [6, 6.07) is 10.7. The predicted molar refractivity (Wildman–Crippen MR) is 57.3 cm³/mol. The third-order valence-electron chi connectivity index (χ3n) is 2.91. The van der Waals surface area contributed by atoms with Gasteiger partial charge < -0.3 is 0 Å². The molecule has 70 valence electrons. The number of hydrogen-bond acceptors (Lipinski definition) is 0. The highest BCUT2D eigenvalue weighted by Crippen LogP contribution is 2.36. The number of alkyl halides is 1. The molecular weight excluding hydrogens is 180 g/mol. The maximum atomic E-state index is 6.32. The average Bonchev–Trinajstić information content (AvgIpc) is 2.20. The number of rotatable bonds is 1. The second kappa shape index (κ2) is 4.15. The lowest BCUT2D eigenvalue weighted by Crippen LogP contribution is -2.17. The fraction of sp³-hybridized carbons (Fsp3) is 0.500. The van der Waals surface area contributed by atoms with E-state index in [1.807, 2.05) is 0 Å². The molecule has 0 nitrogen and oxygen atoms in total. The highest BCUT2D eigenvalue weighted by molar-refractivity contribution is 6.21. The monoisotopic (exact) mass is 194 g/mol. The van der Waals surface area contributed by atoms with Crippen LogP contribution in [0.5, 0.6) is 0 Å². The molecular formula is C12H15Cl. The molecule has 2 atom stereocenters. The Kier molecular flexibility index (Phi) is 2.90. The molecule has 1 fully saturated rings. The van der Waals surface area contributed by atoms with Gasteiger partial charge in [0.15, 0.2) is 0 Å². The SMILES string of the molecule is Cl[C@@H]1CCCC[C@@H]1c1ccccc1. The average molecular weight is 195 g/mol. The second-order valence-electron chi connectivity index (χ2n) is 3.82. The maximum Gasteiger partial charge on any atom is 0.0404 e. The first-order valence-electron chi connectivity index (χ1n) is 5.07. The van der Waals surface area contributed by atoms with Gasteiger partial charge in [-0.15, -0.1) is 11.6 Å². The zero-order valence-electron chi connectivity index (χ0n) is 7.75. The van der Waals surface area contributed by atoms with E-state index in [0.29, 0.717) is 11.3 Å². The summed E-state index contributed by atoms with van der Waals surface area (Å²) < 4.78 is 0. The third kappa shape index (κ3) is 2.05. The van der Waals surface area contributed by atoms with Gasteiger partial charge in [-0.05, 0) is 18.4 Å². The Morgan fingerprint density at radius 3 is 2.38 bits per heavy atom. The van der Waals surface area contributed by atoms with E-state index in [4.69, 9.17) is 11.6 Å². The van der Waals surface area contributed by atoms with E-state index >= 15 is 0 Å². The maximum absolute atomic E-state index is 6.32. The molecule has 1 aliphatic rings. The fourth-order valence-electron chi connectivity index (χ4n) is 2.16. The molecule has 1 aromatic rings. The lowest BCUT2D eigenvalue weighted by molar-refractivity contribution is 0.450. The van der Waals surface area contributed by atoms with Crippen LogP contribution >= 0.6 is 11.6 Å². The standard InChI is InChI=1S/C12H15Cl/c13-12-9-5-4-8-11(12)10-6-2-1-3-7-10/h1-3,6-7,11-12H,4-5,8-9H2/t11-,12-/m1/s1. The fourth-order valence-corrected chi connectivity index (χ4v) is 2.59. The summed E-state index contributed by atoms with van der Waals surface area (Å²) in [5.74, 6) is 0.594. The highest BCUT2D eigenvalue weighted by atomic mass is 35.5. The normalized spacial score (nSPS) is 28.7. The van der Waals surface area contributed by atoms with Crippen molar-refractivity contribution in [1.29, 1.82) is 0 Å². The lowest BCUT2D eigenvalue weighted by Gasteiger charge is -2.27. The van der Waals surface area contributed by atoms with Gasteiger partial charge in [0.25, 0.3) is 0 Å². The Balaban J connectivity index is 2.15. The molecule has 0 aromatic heterocycles. The van der Waals surface area contributed by atoms with Gasteiger partial charge in [-0.1, -0.05) is 43.2 Å². The van der Waals surface area contributed by atoms with Crippen LogP contribution in [0.25, 0.3) is 0 Å². The van der Waals surface area contributed by atoms with E-state index in [1.54, 1.807) is 0 Å². The van der Waals surface area contributed by atoms with Gasteiger partial charge >= 0.3 is 0 Å². The molecule has 2 rings (SSSR count). The van der Waals surface area contributed by atoms with Crippen LogP contribution in [-0.2, 0) is 0 Å². The van der Waals surface area contributed by atoms with Gasteiger partial charge in [-0.2, -0.15) is 0 Å². The van der Waals surface area contributed by atoms with Crippen LogP contribution in [0.2, 0.25) is 0 Å². The van der Waals surface area contributed by atoms with E-state index < -0.39 is 0 Å². The Labute approximate surface area is 84.9 Å². The van der Waals surface area contributed by atoms with E-state index in [0.717, 1.165) is 0 Å². The summed E-state index contributed by atoms with van der Waals surface area (Å²) in [5, 5.41) is 0.358. The first kappa shape index (κ1) is 9.08. The molecule has 1 aromatic carbocycles. The summed E-state index contributed by atoms with van der Waals surface area (Å²) in [6.07, 6.45) is 5.08. The van der Waals surface area contributed by atoms with Gasteiger partial charge in [-0.25, -0.2) is 0 Å². The zero-order chi connectivity index (χ0) is 9.10. The van der Waals surface area contributed by atoms with Crippen molar-refractivity contribution in [2.45, 2.75) is 37.0 Å². The van der Waals surface area contributed by atoms with Crippen LogP contribution in [0.3, 0.4) is 0 Å². The highest BCUT2D eigenvalue weighted by Gasteiger charge is 2.23. The Bertz CT molecular complexity index is 255. The summed E-state index contributed by atoms with van der Waals surface area (Å²) in [4.78, 5) is 0. The molecule has 0 unspecified atom stereocenters. The van der Waals surface area contributed by atoms with Gasteiger partial charge in [0, 0.05) is 11.3 Å². The summed E-state index contributed by atoms with van der Waals surface area (Å²) in [5.41, 5.74) is 1.42. The van der Waals surface area contributed by atoms with Gasteiger partial charge in [-0.3, -0.25) is 0 Å². The van der Waals surface area contributed by atoms with Crippen molar-refractivity contribution in [2.75, 3.05) is 0 Å². The third-order valence-corrected chi connectivity index (χ3v) is 3.43. The largest absolute Gasteiger partial charge is 0.122 e. The minimum absolute atomic E-state index is 0.358. The topological polar surface area (TPSA) is 0 Å². The van der Waals surface area contributed by atoms with Crippen molar-refractivity contribution < 1.29 is 0 Å². The van der Waals surface area contributed by atoms with Crippen LogP contribution in [0.4, 0.5) is 0 Å². The zero-order valence-corrected chi connectivity index (χ0v) is 8.50. The Hall–Kier alpha value is -0.490. The first-order chi connectivity index (χ1) is 6.38. The van der Waals surface area contributed by atoms with Crippen LogP contribution in [0.1, 0.15) is 37.2 Å².